The van der Waals surface area contributed by atoms with Gasteiger partial charge in [-0.3, -0.25) is 9.59 Å². The van der Waals surface area contributed by atoms with Gasteiger partial charge in [0, 0.05) is 18.0 Å². The highest BCUT2D eigenvalue weighted by Crippen LogP contribution is 2.30. The molecule has 3 heterocycles. The molecule has 1 aliphatic heterocycles. The van der Waals surface area contributed by atoms with Gasteiger partial charge in [-0.1, -0.05) is 17.7 Å². The van der Waals surface area contributed by atoms with Crippen molar-refractivity contribution >= 4 is 39.2 Å². The number of carbonyl (C=O) groups excluding carboxylic acids is 1. The van der Waals surface area contributed by atoms with Crippen LogP contribution in [0.4, 0.5) is 0 Å². The molecule has 146 valence electrons. The standard InChI is InChI=1S/C21H23N3O2S2/c1-12-6-7-13(2)15(10-12)27-11-16-22-19(25)17-14(3)18(28-20(17)23-16)21(26)24-8-4-5-9-24/h6-7,10H,4-5,8-9,11H2,1-3H3,(H,22,23,25). The third-order valence-electron chi connectivity index (χ3n) is 5.15. The van der Waals surface area contributed by atoms with Gasteiger partial charge in [0.1, 0.15) is 10.7 Å². The van der Waals surface area contributed by atoms with Crippen molar-refractivity contribution in [3.8, 4) is 0 Å². The Bertz CT molecular complexity index is 1110. The summed E-state index contributed by atoms with van der Waals surface area (Å²) in [5, 5.41) is 0.549. The molecule has 0 aliphatic carbocycles. The van der Waals surface area contributed by atoms with E-state index >= 15 is 0 Å². The van der Waals surface area contributed by atoms with Crippen molar-refractivity contribution in [3.05, 3.63) is 55.9 Å². The Kier molecular flexibility index (Phi) is 5.29. The van der Waals surface area contributed by atoms with Crippen LogP contribution >= 0.6 is 23.1 Å². The summed E-state index contributed by atoms with van der Waals surface area (Å²) in [6.45, 7) is 7.61. The first-order valence-corrected chi connectivity index (χ1v) is 11.3. The van der Waals surface area contributed by atoms with Crippen molar-refractivity contribution in [1.29, 1.82) is 0 Å². The third-order valence-corrected chi connectivity index (χ3v) is 7.49. The van der Waals surface area contributed by atoms with Gasteiger partial charge in [0.05, 0.1) is 16.0 Å². The number of fused-ring (bicyclic) bond motifs is 1. The molecule has 1 aliphatic rings. The van der Waals surface area contributed by atoms with Gasteiger partial charge in [0.2, 0.25) is 0 Å². The first-order valence-electron chi connectivity index (χ1n) is 9.45. The first kappa shape index (κ1) is 19.2. The molecule has 2 aromatic heterocycles. The van der Waals surface area contributed by atoms with Crippen LogP contribution in [0.25, 0.3) is 10.2 Å². The Morgan fingerprint density at radius 2 is 2.00 bits per heavy atom. The Hall–Kier alpha value is -2.12. The highest BCUT2D eigenvalue weighted by atomic mass is 32.2. The summed E-state index contributed by atoms with van der Waals surface area (Å²) in [5.74, 6) is 1.26. The Balaban J connectivity index is 1.63. The van der Waals surface area contributed by atoms with Crippen LogP contribution in [-0.4, -0.2) is 33.9 Å². The molecule has 1 saturated heterocycles. The number of H-pyrrole nitrogens is 1. The number of hydrogen-bond acceptors (Lipinski definition) is 5. The number of aromatic amines is 1. The Morgan fingerprint density at radius 3 is 2.75 bits per heavy atom. The van der Waals surface area contributed by atoms with Gasteiger partial charge in [-0.15, -0.1) is 23.1 Å². The lowest BCUT2D eigenvalue weighted by Gasteiger charge is -2.14. The van der Waals surface area contributed by atoms with E-state index in [2.05, 4.69) is 42.0 Å². The average Bonchev–Trinajstić information content (AvgIpc) is 3.30. The molecule has 4 rings (SSSR count). The molecule has 0 spiro atoms. The highest BCUT2D eigenvalue weighted by molar-refractivity contribution is 7.98. The maximum absolute atomic E-state index is 12.8. The monoisotopic (exact) mass is 413 g/mol. The SMILES string of the molecule is Cc1ccc(C)c(SCc2nc3sc(C(=O)N4CCCC4)c(C)c3c(=O)[nH]2)c1. The van der Waals surface area contributed by atoms with Crippen LogP contribution in [0.15, 0.2) is 27.9 Å². The average molecular weight is 414 g/mol. The maximum Gasteiger partial charge on any atom is 0.264 e. The number of thiophene rings is 1. The van der Waals surface area contributed by atoms with Gasteiger partial charge < -0.3 is 9.88 Å². The van der Waals surface area contributed by atoms with Crippen molar-refractivity contribution < 1.29 is 4.79 Å². The van der Waals surface area contributed by atoms with Crippen molar-refractivity contribution in [1.82, 2.24) is 14.9 Å². The fourth-order valence-electron chi connectivity index (χ4n) is 3.53. The lowest BCUT2D eigenvalue weighted by molar-refractivity contribution is 0.0797. The number of carbonyl (C=O) groups is 1. The van der Waals surface area contributed by atoms with Gasteiger partial charge in [-0.2, -0.15) is 0 Å². The van der Waals surface area contributed by atoms with Crippen LogP contribution in [0.2, 0.25) is 0 Å². The lowest BCUT2D eigenvalue weighted by atomic mass is 10.2. The number of aryl methyl sites for hydroxylation is 3. The molecule has 3 aromatic rings. The summed E-state index contributed by atoms with van der Waals surface area (Å²) in [6, 6.07) is 6.35. The number of likely N-dealkylation sites (tertiary alicyclic amines) is 1. The number of aromatic nitrogens is 2. The van der Waals surface area contributed by atoms with Crippen LogP contribution in [0.1, 0.15) is 45.0 Å². The molecule has 28 heavy (non-hydrogen) atoms. The molecule has 0 bridgehead atoms. The van der Waals surface area contributed by atoms with Crippen molar-refractivity contribution in [2.45, 2.75) is 44.3 Å². The fraction of sp³-hybridized carbons (Fsp3) is 0.381. The van der Waals surface area contributed by atoms with Crippen LogP contribution in [-0.2, 0) is 5.75 Å². The van der Waals surface area contributed by atoms with Crippen molar-refractivity contribution in [2.75, 3.05) is 13.1 Å². The molecule has 0 unspecified atom stereocenters. The minimum atomic E-state index is -0.157. The smallest absolute Gasteiger partial charge is 0.264 e. The number of hydrogen-bond donors (Lipinski definition) is 1. The second-order valence-corrected chi connectivity index (χ2v) is 9.32. The summed E-state index contributed by atoms with van der Waals surface area (Å²) >= 11 is 3.01. The van der Waals surface area contributed by atoms with Gasteiger partial charge in [0.25, 0.3) is 11.5 Å². The molecule has 0 atom stereocenters. The molecular formula is C21H23N3O2S2. The van der Waals surface area contributed by atoms with E-state index in [0.29, 0.717) is 26.7 Å². The summed E-state index contributed by atoms with van der Waals surface area (Å²) < 4.78 is 0. The molecule has 5 nitrogen and oxygen atoms in total. The molecule has 0 saturated carbocycles. The zero-order valence-corrected chi connectivity index (χ0v) is 17.9. The van der Waals surface area contributed by atoms with E-state index in [-0.39, 0.29) is 11.5 Å². The van der Waals surface area contributed by atoms with E-state index in [9.17, 15) is 9.59 Å². The summed E-state index contributed by atoms with van der Waals surface area (Å²) in [7, 11) is 0. The second-order valence-electron chi connectivity index (χ2n) is 7.31. The Labute approximate surface area is 172 Å². The summed E-state index contributed by atoms with van der Waals surface area (Å²) in [4.78, 5) is 37.4. The quantitative estimate of drug-likeness (QED) is 0.642. The summed E-state index contributed by atoms with van der Waals surface area (Å²) in [5.41, 5.74) is 3.02. The molecular weight excluding hydrogens is 390 g/mol. The van der Waals surface area contributed by atoms with Crippen LogP contribution in [0, 0.1) is 20.8 Å². The second kappa shape index (κ2) is 7.72. The predicted octanol–water partition coefficient (Wildman–Crippen LogP) is 4.44. The third kappa shape index (κ3) is 3.61. The highest BCUT2D eigenvalue weighted by Gasteiger charge is 2.25. The molecule has 0 radical (unpaired) electrons. The van der Waals surface area contributed by atoms with Crippen LogP contribution in [0.5, 0.6) is 0 Å². The van der Waals surface area contributed by atoms with Gasteiger partial charge in [-0.05, 0) is 50.8 Å². The minimum Gasteiger partial charge on any atom is -0.338 e. The van der Waals surface area contributed by atoms with Gasteiger partial charge in [0.15, 0.2) is 0 Å². The van der Waals surface area contributed by atoms with E-state index in [1.165, 1.54) is 27.4 Å². The van der Waals surface area contributed by atoms with Gasteiger partial charge >= 0.3 is 0 Å². The maximum atomic E-state index is 12.8. The first-order chi connectivity index (χ1) is 13.4. The van der Waals surface area contributed by atoms with E-state index in [1.54, 1.807) is 11.8 Å². The number of rotatable bonds is 4. The normalized spacial score (nSPS) is 14.2. The van der Waals surface area contributed by atoms with Crippen LogP contribution in [0.3, 0.4) is 0 Å². The lowest BCUT2D eigenvalue weighted by Crippen LogP contribution is -2.27. The van der Waals surface area contributed by atoms with E-state index in [1.807, 2.05) is 11.8 Å². The molecule has 1 fully saturated rings. The number of thioether (sulfide) groups is 1. The van der Waals surface area contributed by atoms with Gasteiger partial charge in [-0.25, -0.2) is 4.98 Å². The topological polar surface area (TPSA) is 66.1 Å². The molecule has 7 heteroatoms. The zero-order valence-electron chi connectivity index (χ0n) is 16.3. The predicted molar refractivity (Wildman–Crippen MR) is 116 cm³/mol. The minimum absolute atomic E-state index is 0.0312. The van der Waals surface area contributed by atoms with Crippen molar-refractivity contribution in [2.24, 2.45) is 0 Å². The van der Waals surface area contributed by atoms with E-state index in [4.69, 9.17) is 0 Å². The number of amides is 1. The molecule has 1 aromatic carbocycles. The fourth-order valence-corrected chi connectivity index (χ4v) is 5.70. The number of benzene rings is 1. The zero-order chi connectivity index (χ0) is 19.8. The number of nitrogens with zero attached hydrogens (tertiary/aromatic N) is 2. The van der Waals surface area contributed by atoms with E-state index in [0.717, 1.165) is 31.5 Å². The largest absolute Gasteiger partial charge is 0.338 e. The van der Waals surface area contributed by atoms with Crippen molar-refractivity contribution in [3.63, 3.8) is 0 Å². The molecule has 1 N–H and O–H groups in total. The Morgan fingerprint density at radius 1 is 1.25 bits per heavy atom. The van der Waals surface area contributed by atoms with Crippen LogP contribution < -0.4 is 5.56 Å². The van der Waals surface area contributed by atoms with E-state index < -0.39 is 0 Å². The summed E-state index contributed by atoms with van der Waals surface area (Å²) in [6.07, 6.45) is 2.10. The number of nitrogens with one attached hydrogen (secondary N) is 1. The molecule has 1 amide bonds.